The van der Waals surface area contributed by atoms with Gasteiger partial charge in [-0.2, -0.15) is 0 Å². The molecule has 142 valence electrons. The number of fused-ring (bicyclic) bond motifs is 1. The van der Waals surface area contributed by atoms with Gasteiger partial charge in [-0.3, -0.25) is 14.6 Å². The van der Waals surface area contributed by atoms with E-state index in [9.17, 15) is 9.59 Å². The molecule has 2 aliphatic rings. The van der Waals surface area contributed by atoms with Crippen molar-refractivity contribution in [2.24, 2.45) is 0 Å². The van der Waals surface area contributed by atoms with Crippen LogP contribution in [-0.4, -0.2) is 32.4 Å². The number of aromatic nitrogens is 3. The van der Waals surface area contributed by atoms with Crippen molar-refractivity contribution in [2.45, 2.75) is 64.1 Å². The highest BCUT2D eigenvalue weighted by atomic mass is 16.2. The van der Waals surface area contributed by atoms with E-state index in [2.05, 4.69) is 20.6 Å². The molecule has 7 heteroatoms. The molecule has 2 amide bonds. The first kappa shape index (κ1) is 17.7. The number of amides is 2. The predicted octanol–water partition coefficient (Wildman–Crippen LogP) is 2.22. The monoisotopic (exact) mass is 367 g/mol. The highest BCUT2D eigenvalue weighted by Gasteiger charge is 2.28. The van der Waals surface area contributed by atoms with Gasteiger partial charge in [0.25, 0.3) is 11.8 Å². The highest BCUT2D eigenvalue weighted by molar-refractivity contribution is 5.97. The number of carbonyl (C=O) groups is 2. The largest absolute Gasteiger partial charge is 0.348 e. The summed E-state index contributed by atoms with van der Waals surface area (Å²) in [7, 11) is 0. The number of nitrogens with one attached hydrogen (secondary N) is 2. The fraction of sp³-hybridized carbons (Fsp3) is 0.500. The minimum Gasteiger partial charge on any atom is -0.348 e. The fourth-order valence-electron chi connectivity index (χ4n) is 3.97. The first-order chi connectivity index (χ1) is 13.2. The van der Waals surface area contributed by atoms with Crippen molar-refractivity contribution in [1.82, 2.24) is 25.2 Å². The Kier molecular flexibility index (Phi) is 5.18. The lowest BCUT2D eigenvalue weighted by atomic mass is 10.1. The first-order valence-corrected chi connectivity index (χ1v) is 9.81. The average molecular weight is 367 g/mol. The van der Waals surface area contributed by atoms with Gasteiger partial charge in [-0.1, -0.05) is 18.9 Å². The van der Waals surface area contributed by atoms with Crippen LogP contribution < -0.4 is 10.6 Å². The second kappa shape index (κ2) is 7.90. The maximum absolute atomic E-state index is 12.8. The topological polar surface area (TPSA) is 88.9 Å². The Balaban J connectivity index is 1.52. The van der Waals surface area contributed by atoms with Gasteiger partial charge < -0.3 is 15.2 Å². The van der Waals surface area contributed by atoms with Crippen molar-refractivity contribution < 1.29 is 9.59 Å². The van der Waals surface area contributed by atoms with Crippen LogP contribution in [0.3, 0.4) is 0 Å². The van der Waals surface area contributed by atoms with Crippen LogP contribution in [0.15, 0.2) is 24.4 Å². The molecule has 0 bridgehead atoms. The summed E-state index contributed by atoms with van der Waals surface area (Å²) in [5, 5.41) is 5.97. The van der Waals surface area contributed by atoms with Gasteiger partial charge in [0, 0.05) is 18.8 Å². The van der Waals surface area contributed by atoms with Gasteiger partial charge in [0.2, 0.25) is 0 Å². The number of pyridine rings is 1. The van der Waals surface area contributed by atoms with E-state index in [-0.39, 0.29) is 17.9 Å². The Morgan fingerprint density at radius 2 is 1.96 bits per heavy atom. The van der Waals surface area contributed by atoms with Crippen LogP contribution in [-0.2, 0) is 19.5 Å². The molecule has 0 saturated heterocycles. The zero-order chi connectivity index (χ0) is 18.6. The molecule has 2 N–H and O–H groups in total. The van der Waals surface area contributed by atoms with Gasteiger partial charge in [0.05, 0.1) is 17.9 Å². The van der Waals surface area contributed by atoms with Crippen molar-refractivity contribution in [3.05, 3.63) is 47.3 Å². The number of rotatable bonds is 5. The molecule has 27 heavy (non-hydrogen) atoms. The summed E-state index contributed by atoms with van der Waals surface area (Å²) in [6.07, 6.45) is 8.87. The van der Waals surface area contributed by atoms with E-state index >= 15 is 0 Å². The third-order valence-electron chi connectivity index (χ3n) is 5.38. The maximum atomic E-state index is 12.8. The van der Waals surface area contributed by atoms with Gasteiger partial charge in [-0.05, 0) is 44.2 Å². The molecule has 1 aliphatic carbocycles. The average Bonchev–Trinajstić information content (AvgIpc) is 3.34. The molecule has 2 aromatic rings. The molecular formula is C20H25N5O2. The predicted molar refractivity (Wildman–Crippen MR) is 100 cm³/mol. The molecule has 1 aliphatic heterocycles. The normalized spacial score (nSPS) is 16.7. The second-order valence-corrected chi connectivity index (χ2v) is 7.30. The molecule has 0 atom stereocenters. The smallest absolute Gasteiger partial charge is 0.287 e. The summed E-state index contributed by atoms with van der Waals surface area (Å²) in [6.45, 7) is 1.07. The molecule has 0 spiro atoms. The minimum atomic E-state index is -0.260. The molecule has 2 aromatic heterocycles. The van der Waals surface area contributed by atoms with Crippen molar-refractivity contribution in [1.29, 1.82) is 0 Å². The van der Waals surface area contributed by atoms with Crippen molar-refractivity contribution in [3.8, 4) is 0 Å². The Morgan fingerprint density at radius 1 is 1.11 bits per heavy atom. The van der Waals surface area contributed by atoms with E-state index in [4.69, 9.17) is 0 Å². The Hall–Kier alpha value is -2.70. The molecule has 7 nitrogen and oxygen atoms in total. The van der Waals surface area contributed by atoms with Crippen molar-refractivity contribution >= 4 is 11.8 Å². The van der Waals surface area contributed by atoms with E-state index < -0.39 is 0 Å². The standard InChI is InChI=1S/C20H25N5O2/c26-19(23-14-7-1-2-8-14)17-16-10-4-6-12-25(16)18(24-17)20(27)22-13-15-9-3-5-11-21-15/h3,5,9,11,14H,1-2,4,6-8,10,12-13H2,(H,22,27)(H,23,26). The molecule has 1 fully saturated rings. The second-order valence-electron chi connectivity index (χ2n) is 7.30. The fourth-order valence-corrected chi connectivity index (χ4v) is 3.97. The lowest BCUT2D eigenvalue weighted by Crippen LogP contribution is -2.33. The van der Waals surface area contributed by atoms with Crippen molar-refractivity contribution in [2.75, 3.05) is 0 Å². The van der Waals surface area contributed by atoms with E-state index in [0.717, 1.165) is 62.9 Å². The first-order valence-electron chi connectivity index (χ1n) is 9.81. The summed E-state index contributed by atoms with van der Waals surface area (Å²) in [4.78, 5) is 34.2. The molecule has 4 rings (SSSR count). The van der Waals surface area contributed by atoms with Crippen LogP contribution in [0.2, 0.25) is 0 Å². The zero-order valence-electron chi connectivity index (χ0n) is 15.4. The molecule has 3 heterocycles. The number of carbonyl (C=O) groups excluding carboxylic acids is 2. The third kappa shape index (κ3) is 3.86. The van der Waals surface area contributed by atoms with Crippen LogP contribution in [0, 0.1) is 0 Å². The molecule has 0 radical (unpaired) electrons. The summed E-state index contributed by atoms with van der Waals surface area (Å²) in [5.74, 6) is -0.0720. The van der Waals surface area contributed by atoms with Gasteiger partial charge in [0.15, 0.2) is 5.82 Å². The Bertz CT molecular complexity index is 824. The zero-order valence-corrected chi connectivity index (χ0v) is 15.4. The van der Waals surface area contributed by atoms with Gasteiger partial charge in [0.1, 0.15) is 5.69 Å². The summed E-state index contributed by atoms with van der Waals surface area (Å²) < 4.78 is 1.92. The minimum absolute atomic E-state index is 0.142. The number of hydrogen-bond donors (Lipinski definition) is 2. The van der Waals surface area contributed by atoms with Crippen LogP contribution in [0.4, 0.5) is 0 Å². The molecule has 0 aromatic carbocycles. The SMILES string of the molecule is O=C(NC1CCCC1)c1nc(C(=O)NCc2ccccn2)n2c1CCCC2. The summed E-state index contributed by atoms with van der Waals surface area (Å²) in [5.41, 5.74) is 2.10. The lowest BCUT2D eigenvalue weighted by molar-refractivity contribution is 0.0931. The van der Waals surface area contributed by atoms with Crippen molar-refractivity contribution in [3.63, 3.8) is 0 Å². The Labute approximate surface area is 158 Å². The van der Waals surface area contributed by atoms with Gasteiger partial charge in [-0.25, -0.2) is 4.98 Å². The van der Waals surface area contributed by atoms with E-state index in [1.165, 1.54) is 0 Å². The van der Waals surface area contributed by atoms with E-state index in [0.29, 0.717) is 18.1 Å². The Morgan fingerprint density at radius 3 is 2.74 bits per heavy atom. The van der Waals surface area contributed by atoms with Gasteiger partial charge in [-0.15, -0.1) is 0 Å². The van der Waals surface area contributed by atoms with Crippen LogP contribution in [0.1, 0.15) is 71.0 Å². The highest BCUT2D eigenvalue weighted by Crippen LogP contribution is 2.23. The third-order valence-corrected chi connectivity index (χ3v) is 5.38. The van der Waals surface area contributed by atoms with Crippen LogP contribution >= 0.6 is 0 Å². The lowest BCUT2D eigenvalue weighted by Gasteiger charge is -2.17. The molecular weight excluding hydrogens is 342 g/mol. The van der Waals surface area contributed by atoms with Crippen LogP contribution in [0.25, 0.3) is 0 Å². The number of hydrogen-bond acceptors (Lipinski definition) is 4. The van der Waals surface area contributed by atoms with E-state index in [1.807, 2.05) is 22.8 Å². The number of imidazole rings is 1. The quantitative estimate of drug-likeness (QED) is 0.848. The number of nitrogens with zero attached hydrogens (tertiary/aromatic N) is 3. The van der Waals surface area contributed by atoms with E-state index in [1.54, 1.807) is 6.20 Å². The molecule has 1 saturated carbocycles. The summed E-state index contributed by atoms with van der Waals surface area (Å²) in [6, 6.07) is 5.82. The molecule has 0 unspecified atom stereocenters. The summed E-state index contributed by atoms with van der Waals surface area (Å²) >= 11 is 0. The van der Waals surface area contributed by atoms with Crippen LogP contribution in [0.5, 0.6) is 0 Å². The maximum Gasteiger partial charge on any atom is 0.287 e. The van der Waals surface area contributed by atoms with Gasteiger partial charge >= 0.3 is 0 Å².